The quantitative estimate of drug-likeness (QED) is 0.782. The Balaban J connectivity index is 2.51. The summed E-state index contributed by atoms with van der Waals surface area (Å²) in [6, 6.07) is 0.154. The Hall–Kier alpha value is -0.620. The molecule has 5 nitrogen and oxygen atoms in total. The molecule has 0 aromatic heterocycles. The maximum absolute atomic E-state index is 11.9. The zero-order valence-corrected chi connectivity index (χ0v) is 12.4. The first kappa shape index (κ1) is 15.4. The number of piperidine rings is 1. The van der Waals surface area contributed by atoms with Crippen LogP contribution in [0.3, 0.4) is 0 Å². The number of nitrogens with one attached hydrogen (secondary N) is 2. The molecule has 1 rings (SSSR count). The summed E-state index contributed by atoms with van der Waals surface area (Å²) in [5.74, 6) is -0.0988. The lowest BCUT2D eigenvalue weighted by Gasteiger charge is -2.29. The molecule has 18 heavy (non-hydrogen) atoms. The molecule has 1 saturated heterocycles. The third kappa shape index (κ3) is 3.95. The molecule has 0 spiro atoms. The minimum atomic E-state index is -3.17. The summed E-state index contributed by atoms with van der Waals surface area (Å²) in [5.41, 5.74) is 0. The van der Waals surface area contributed by atoms with Gasteiger partial charge < -0.3 is 10.6 Å². The Labute approximate surface area is 110 Å². The van der Waals surface area contributed by atoms with E-state index in [0.717, 1.165) is 19.3 Å². The lowest BCUT2D eigenvalue weighted by Crippen LogP contribution is -2.53. The first-order chi connectivity index (χ1) is 8.13. The van der Waals surface area contributed by atoms with E-state index in [2.05, 4.69) is 17.6 Å². The average molecular weight is 276 g/mol. The molecule has 0 bridgehead atoms. The van der Waals surface area contributed by atoms with Gasteiger partial charge in [0.25, 0.3) is 0 Å². The lowest BCUT2D eigenvalue weighted by molar-refractivity contribution is -0.124. The summed E-state index contributed by atoms with van der Waals surface area (Å²) < 4.78 is 22.1. The first-order valence-electron chi connectivity index (χ1n) is 6.37. The molecule has 2 N–H and O–H groups in total. The van der Waals surface area contributed by atoms with E-state index < -0.39 is 14.6 Å². The molecule has 0 saturated carbocycles. The van der Waals surface area contributed by atoms with E-state index in [1.807, 2.05) is 0 Å². The average Bonchev–Trinajstić information content (AvgIpc) is 2.24. The molecule has 1 heterocycles. The van der Waals surface area contributed by atoms with Gasteiger partial charge in [-0.3, -0.25) is 4.79 Å². The Kier molecular flexibility index (Phi) is 4.78. The van der Waals surface area contributed by atoms with Crippen LogP contribution in [0.1, 0.15) is 40.0 Å². The van der Waals surface area contributed by atoms with E-state index in [-0.39, 0.29) is 18.5 Å². The summed E-state index contributed by atoms with van der Waals surface area (Å²) in [7, 11) is -3.17. The van der Waals surface area contributed by atoms with Crippen LogP contribution in [0.15, 0.2) is 0 Å². The Morgan fingerprint density at radius 3 is 2.50 bits per heavy atom. The van der Waals surface area contributed by atoms with Crippen molar-refractivity contribution >= 4 is 15.7 Å². The Morgan fingerprint density at radius 2 is 2.00 bits per heavy atom. The van der Waals surface area contributed by atoms with Gasteiger partial charge in [-0.15, -0.1) is 0 Å². The summed E-state index contributed by atoms with van der Waals surface area (Å²) in [6.45, 7) is 5.45. The van der Waals surface area contributed by atoms with Crippen LogP contribution < -0.4 is 10.6 Å². The monoisotopic (exact) mass is 276 g/mol. The summed E-state index contributed by atoms with van der Waals surface area (Å²) >= 11 is 0. The van der Waals surface area contributed by atoms with Gasteiger partial charge in [-0.25, -0.2) is 8.42 Å². The van der Waals surface area contributed by atoms with E-state index in [0.29, 0.717) is 6.04 Å². The fraction of sp³-hybridized carbons (Fsp3) is 0.917. The molecule has 106 valence electrons. The largest absolute Gasteiger partial charge is 0.353 e. The van der Waals surface area contributed by atoms with Gasteiger partial charge in [0.15, 0.2) is 9.84 Å². The molecule has 0 aromatic rings. The van der Waals surface area contributed by atoms with Crippen molar-refractivity contribution in [3.63, 3.8) is 0 Å². The summed E-state index contributed by atoms with van der Waals surface area (Å²) in [5, 5.41) is 5.97. The summed E-state index contributed by atoms with van der Waals surface area (Å²) in [6.07, 6.45) is 4.12. The van der Waals surface area contributed by atoms with E-state index in [1.165, 1.54) is 6.26 Å². The van der Waals surface area contributed by atoms with Crippen LogP contribution >= 0.6 is 0 Å². The van der Waals surface area contributed by atoms with Gasteiger partial charge in [-0.2, -0.15) is 0 Å². The van der Waals surface area contributed by atoms with Gasteiger partial charge in [-0.1, -0.05) is 0 Å². The van der Waals surface area contributed by atoms with Gasteiger partial charge in [-0.05, 0) is 40.0 Å². The number of amides is 1. The molecule has 0 aromatic carbocycles. The molecule has 1 amide bonds. The highest BCUT2D eigenvalue weighted by molar-refractivity contribution is 7.92. The highest BCUT2D eigenvalue weighted by Gasteiger charge is 2.32. The zero-order chi connectivity index (χ0) is 14.0. The maximum Gasteiger partial charge on any atom is 0.237 e. The number of rotatable bonds is 4. The normalized spacial score (nSPS) is 25.8. The lowest BCUT2D eigenvalue weighted by atomic mass is 9.99. The van der Waals surface area contributed by atoms with Crippen LogP contribution in [0.2, 0.25) is 0 Å². The second-order valence-electron chi connectivity index (χ2n) is 5.80. The third-order valence-corrected chi connectivity index (χ3v) is 5.78. The zero-order valence-electron chi connectivity index (χ0n) is 11.6. The standard InChI is InChI=1S/C12H24N2O3S/c1-9-6-5-7-10(14-9)11(15)13-8-12(2,3)18(4,16)17/h9-10,14H,5-8H2,1-4H3,(H,13,15). The number of carbonyl (C=O) groups excluding carboxylic acids is 1. The highest BCUT2D eigenvalue weighted by Crippen LogP contribution is 2.15. The third-order valence-electron chi connectivity index (χ3n) is 3.62. The smallest absolute Gasteiger partial charge is 0.237 e. The molecular formula is C12H24N2O3S. The van der Waals surface area contributed by atoms with Crippen molar-refractivity contribution in [3.8, 4) is 0 Å². The molecule has 2 atom stereocenters. The molecular weight excluding hydrogens is 252 g/mol. The summed E-state index contributed by atoms with van der Waals surface area (Å²) in [4.78, 5) is 11.9. The van der Waals surface area contributed by atoms with E-state index in [1.54, 1.807) is 13.8 Å². The molecule has 6 heteroatoms. The van der Waals surface area contributed by atoms with Crippen LogP contribution in [0.4, 0.5) is 0 Å². The minimum absolute atomic E-state index is 0.0988. The second-order valence-corrected chi connectivity index (χ2v) is 8.45. The SMILES string of the molecule is CC1CCCC(C(=O)NCC(C)(C)S(C)(=O)=O)N1. The molecule has 0 radical (unpaired) electrons. The van der Waals surface area contributed by atoms with Gasteiger partial charge in [0.2, 0.25) is 5.91 Å². The van der Waals surface area contributed by atoms with Gasteiger partial charge in [0, 0.05) is 18.8 Å². The van der Waals surface area contributed by atoms with E-state index in [4.69, 9.17) is 0 Å². The van der Waals surface area contributed by atoms with Crippen molar-refractivity contribution < 1.29 is 13.2 Å². The molecule has 1 aliphatic heterocycles. The Morgan fingerprint density at radius 1 is 1.39 bits per heavy atom. The van der Waals surface area contributed by atoms with E-state index in [9.17, 15) is 13.2 Å². The number of sulfone groups is 1. The molecule has 1 aliphatic rings. The van der Waals surface area contributed by atoms with Gasteiger partial charge in [0.05, 0.1) is 10.8 Å². The number of carbonyl (C=O) groups is 1. The highest BCUT2D eigenvalue weighted by atomic mass is 32.2. The van der Waals surface area contributed by atoms with Crippen molar-refractivity contribution in [1.29, 1.82) is 0 Å². The van der Waals surface area contributed by atoms with Gasteiger partial charge in [0.1, 0.15) is 0 Å². The van der Waals surface area contributed by atoms with Crippen molar-refractivity contribution in [3.05, 3.63) is 0 Å². The van der Waals surface area contributed by atoms with Crippen LogP contribution in [0.5, 0.6) is 0 Å². The minimum Gasteiger partial charge on any atom is -0.353 e. The predicted molar refractivity (Wildman–Crippen MR) is 72.2 cm³/mol. The number of hydrogen-bond acceptors (Lipinski definition) is 4. The van der Waals surface area contributed by atoms with Crippen molar-refractivity contribution in [1.82, 2.24) is 10.6 Å². The fourth-order valence-corrected chi connectivity index (χ4v) is 2.23. The molecule has 1 fully saturated rings. The van der Waals surface area contributed by atoms with Crippen LogP contribution in [-0.2, 0) is 14.6 Å². The Bertz CT molecular complexity index is 404. The van der Waals surface area contributed by atoms with Crippen molar-refractivity contribution in [2.24, 2.45) is 0 Å². The van der Waals surface area contributed by atoms with Crippen molar-refractivity contribution in [2.45, 2.75) is 56.9 Å². The maximum atomic E-state index is 11.9. The fourth-order valence-electron chi connectivity index (χ4n) is 1.90. The molecule has 2 unspecified atom stereocenters. The van der Waals surface area contributed by atoms with Crippen molar-refractivity contribution in [2.75, 3.05) is 12.8 Å². The molecule has 0 aliphatic carbocycles. The second kappa shape index (κ2) is 5.57. The van der Waals surface area contributed by atoms with Crippen LogP contribution in [0, 0.1) is 0 Å². The van der Waals surface area contributed by atoms with Crippen LogP contribution in [0.25, 0.3) is 0 Å². The topological polar surface area (TPSA) is 75.3 Å². The van der Waals surface area contributed by atoms with Gasteiger partial charge >= 0.3 is 0 Å². The first-order valence-corrected chi connectivity index (χ1v) is 8.26. The number of hydrogen-bond donors (Lipinski definition) is 2. The predicted octanol–water partition coefficient (Wildman–Crippen LogP) is 0.456. The van der Waals surface area contributed by atoms with Crippen LogP contribution in [-0.4, -0.2) is 44.0 Å². The van der Waals surface area contributed by atoms with E-state index >= 15 is 0 Å².